The second-order valence-electron chi connectivity index (χ2n) is 3.69. The van der Waals surface area contributed by atoms with Crippen molar-refractivity contribution >= 4 is 17.2 Å². The zero-order valence-electron chi connectivity index (χ0n) is 8.91. The number of aldehydes is 1. The summed E-state index contributed by atoms with van der Waals surface area (Å²) in [5.41, 5.74) is 1.56. The van der Waals surface area contributed by atoms with Gasteiger partial charge in [-0.1, -0.05) is 17.3 Å². The molecule has 0 fully saturated rings. The van der Waals surface area contributed by atoms with E-state index in [1.807, 2.05) is 29.0 Å². The van der Waals surface area contributed by atoms with E-state index >= 15 is 0 Å². The molecule has 0 bridgehead atoms. The lowest BCUT2D eigenvalue weighted by molar-refractivity contribution is 0.112. The number of fused-ring (bicyclic) bond motifs is 1. The SMILES string of the molecule is O=Cc1cccc2ccn(Cc3ncon3)c12. The van der Waals surface area contributed by atoms with Crippen LogP contribution in [0.1, 0.15) is 16.2 Å². The van der Waals surface area contributed by atoms with Crippen LogP contribution < -0.4 is 0 Å². The van der Waals surface area contributed by atoms with E-state index in [1.165, 1.54) is 6.39 Å². The Bertz CT molecular complexity index is 656. The van der Waals surface area contributed by atoms with Gasteiger partial charge < -0.3 is 9.09 Å². The molecule has 0 N–H and O–H groups in total. The van der Waals surface area contributed by atoms with Gasteiger partial charge in [0, 0.05) is 17.1 Å². The largest absolute Gasteiger partial charge is 0.343 e. The zero-order valence-corrected chi connectivity index (χ0v) is 8.91. The molecule has 2 aromatic heterocycles. The molecule has 0 aliphatic carbocycles. The summed E-state index contributed by atoms with van der Waals surface area (Å²) < 4.78 is 6.62. The van der Waals surface area contributed by atoms with Gasteiger partial charge in [0.15, 0.2) is 12.1 Å². The van der Waals surface area contributed by atoms with Crippen LogP contribution in [0.25, 0.3) is 10.9 Å². The number of rotatable bonds is 3. The van der Waals surface area contributed by atoms with Crippen LogP contribution in [0.2, 0.25) is 0 Å². The number of nitrogens with zero attached hydrogens (tertiary/aromatic N) is 3. The topological polar surface area (TPSA) is 60.9 Å². The number of aromatic nitrogens is 3. The van der Waals surface area contributed by atoms with Gasteiger partial charge in [0.05, 0.1) is 12.1 Å². The maximum absolute atomic E-state index is 11.0. The predicted molar refractivity (Wildman–Crippen MR) is 60.7 cm³/mol. The highest BCUT2D eigenvalue weighted by Crippen LogP contribution is 2.19. The average Bonchev–Trinajstić information content (AvgIpc) is 2.99. The van der Waals surface area contributed by atoms with Crippen molar-refractivity contribution in [3.63, 3.8) is 0 Å². The predicted octanol–water partition coefficient (Wildman–Crippen LogP) is 1.89. The molecule has 84 valence electrons. The number of hydrogen-bond acceptors (Lipinski definition) is 4. The molecule has 1 aromatic carbocycles. The molecule has 0 saturated carbocycles. The summed E-state index contributed by atoms with van der Waals surface area (Å²) in [5, 5.41) is 4.78. The first kappa shape index (κ1) is 9.77. The van der Waals surface area contributed by atoms with Gasteiger partial charge in [0.2, 0.25) is 6.39 Å². The summed E-state index contributed by atoms with van der Waals surface area (Å²) in [6.45, 7) is 0.491. The van der Waals surface area contributed by atoms with E-state index in [-0.39, 0.29) is 0 Å². The average molecular weight is 227 g/mol. The normalized spacial score (nSPS) is 10.8. The molecule has 0 aliphatic heterocycles. The Hall–Kier alpha value is -2.43. The maximum Gasteiger partial charge on any atom is 0.213 e. The van der Waals surface area contributed by atoms with Crippen LogP contribution in [0.4, 0.5) is 0 Å². The molecule has 0 amide bonds. The Balaban J connectivity index is 2.13. The van der Waals surface area contributed by atoms with E-state index in [0.717, 1.165) is 17.2 Å². The lowest BCUT2D eigenvalue weighted by Gasteiger charge is -2.03. The lowest BCUT2D eigenvalue weighted by atomic mass is 10.1. The number of benzene rings is 1. The minimum atomic E-state index is 0.491. The number of carbonyl (C=O) groups excluding carboxylic acids is 1. The third-order valence-corrected chi connectivity index (χ3v) is 2.67. The van der Waals surface area contributed by atoms with Gasteiger partial charge in [0.1, 0.15) is 0 Å². The van der Waals surface area contributed by atoms with Crippen molar-refractivity contribution < 1.29 is 9.32 Å². The van der Waals surface area contributed by atoms with Crippen LogP contribution >= 0.6 is 0 Å². The summed E-state index contributed by atoms with van der Waals surface area (Å²) in [7, 11) is 0. The summed E-state index contributed by atoms with van der Waals surface area (Å²) in [6.07, 6.45) is 4.06. The lowest BCUT2D eigenvalue weighted by Crippen LogP contribution is -2.01. The molecule has 5 heteroatoms. The third-order valence-electron chi connectivity index (χ3n) is 2.67. The van der Waals surface area contributed by atoms with E-state index in [4.69, 9.17) is 0 Å². The smallest absolute Gasteiger partial charge is 0.213 e. The molecule has 2 heterocycles. The quantitative estimate of drug-likeness (QED) is 0.641. The van der Waals surface area contributed by atoms with Gasteiger partial charge in [-0.3, -0.25) is 4.79 Å². The van der Waals surface area contributed by atoms with Crippen LogP contribution in [0.3, 0.4) is 0 Å². The van der Waals surface area contributed by atoms with E-state index in [9.17, 15) is 4.79 Å². The fraction of sp³-hybridized carbons (Fsp3) is 0.0833. The monoisotopic (exact) mass is 227 g/mol. The number of para-hydroxylation sites is 1. The minimum Gasteiger partial charge on any atom is -0.343 e. The van der Waals surface area contributed by atoms with Gasteiger partial charge in [-0.2, -0.15) is 4.98 Å². The molecular formula is C12H9N3O2. The fourth-order valence-corrected chi connectivity index (χ4v) is 1.93. The highest BCUT2D eigenvalue weighted by Gasteiger charge is 2.08. The second-order valence-corrected chi connectivity index (χ2v) is 3.69. The van der Waals surface area contributed by atoms with Gasteiger partial charge in [0.25, 0.3) is 0 Å². The molecule has 17 heavy (non-hydrogen) atoms. The Morgan fingerprint density at radius 3 is 3.06 bits per heavy atom. The standard InChI is InChI=1S/C12H9N3O2/c16-7-10-3-1-2-9-4-5-15(12(9)10)6-11-13-8-17-14-11/h1-5,7-8H,6H2. The second kappa shape index (κ2) is 3.86. The Labute approximate surface area is 96.7 Å². The molecule has 0 spiro atoms. The van der Waals surface area contributed by atoms with Crippen molar-refractivity contribution in [1.29, 1.82) is 0 Å². The van der Waals surface area contributed by atoms with Crippen LogP contribution in [0.5, 0.6) is 0 Å². The molecule has 0 atom stereocenters. The van der Waals surface area contributed by atoms with E-state index in [2.05, 4.69) is 14.7 Å². The molecule has 0 radical (unpaired) electrons. The molecule has 5 nitrogen and oxygen atoms in total. The molecular weight excluding hydrogens is 218 g/mol. The fourth-order valence-electron chi connectivity index (χ4n) is 1.93. The van der Waals surface area contributed by atoms with Gasteiger partial charge in [-0.25, -0.2) is 0 Å². The van der Waals surface area contributed by atoms with Crippen molar-refractivity contribution in [2.45, 2.75) is 6.54 Å². The van der Waals surface area contributed by atoms with E-state index in [1.54, 1.807) is 6.07 Å². The molecule has 3 rings (SSSR count). The van der Waals surface area contributed by atoms with Crippen molar-refractivity contribution in [2.24, 2.45) is 0 Å². The van der Waals surface area contributed by atoms with Gasteiger partial charge in [-0.15, -0.1) is 0 Å². The van der Waals surface area contributed by atoms with Crippen molar-refractivity contribution in [3.8, 4) is 0 Å². The number of hydrogen-bond donors (Lipinski definition) is 0. The first-order valence-corrected chi connectivity index (χ1v) is 5.17. The Morgan fingerprint density at radius 1 is 1.35 bits per heavy atom. The molecule has 0 unspecified atom stereocenters. The van der Waals surface area contributed by atoms with Gasteiger partial charge in [-0.05, 0) is 12.1 Å². The van der Waals surface area contributed by atoms with E-state index < -0.39 is 0 Å². The van der Waals surface area contributed by atoms with Crippen molar-refractivity contribution in [3.05, 3.63) is 48.2 Å². The Kier molecular flexibility index (Phi) is 2.22. The van der Waals surface area contributed by atoms with E-state index in [0.29, 0.717) is 17.9 Å². The first-order chi connectivity index (χ1) is 8.38. The summed E-state index contributed by atoms with van der Waals surface area (Å²) in [4.78, 5) is 15.0. The first-order valence-electron chi connectivity index (χ1n) is 5.17. The molecule has 3 aromatic rings. The maximum atomic E-state index is 11.0. The molecule has 0 aliphatic rings. The van der Waals surface area contributed by atoms with Gasteiger partial charge >= 0.3 is 0 Å². The third kappa shape index (κ3) is 1.61. The molecule has 0 saturated heterocycles. The number of carbonyl (C=O) groups is 1. The van der Waals surface area contributed by atoms with Crippen molar-refractivity contribution in [2.75, 3.05) is 0 Å². The summed E-state index contributed by atoms with van der Waals surface area (Å²) in [5.74, 6) is 0.586. The summed E-state index contributed by atoms with van der Waals surface area (Å²) >= 11 is 0. The highest BCUT2D eigenvalue weighted by atomic mass is 16.5. The van der Waals surface area contributed by atoms with Crippen LogP contribution in [0.15, 0.2) is 41.4 Å². The zero-order chi connectivity index (χ0) is 11.7. The van der Waals surface area contributed by atoms with Crippen molar-refractivity contribution in [1.82, 2.24) is 14.7 Å². The van der Waals surface area contributed by atoms with Crippen LogP contribution in [-0.2, 0) is 6.54 Å². The highest BCUT2D eigenvalue weighted by molar-refractivity contribution is 5.96. The van der Waals surface area contributed by atoms with Crippen LogP contribution in [0, 0.1) is 0 Å². The van der Waals surface area contributed by atoms with Crippen LogP contribution in [-0.4, -0.2) is 21.0 Å². The summed E-state index contributed by atoms with van der Waals surface area (Å²) in [6, 6.07) is 7.59. The Morgan fingerprint density at radius 2 is 2.29 bits per heavy atom. The minimum absolute atomic E-state index is 0.491.